The Morgan fingerprint density at radius 3 is 2.71 bits per heavy atom. The zero-order chi connectivity index (χ0) is 19.5. The Morgan fingerprint density at radius 2 is 1.89 bits per heavy atom. The normalized spacial score (nSPS) is 12.5. The lowest BCUT2D eigenvalue weighted by Crippen LogP contribution is -2.16. The molecule has 3 aromatic rings. The van der Waals surface area contributed by atoms with E-state index in [1.807, 2.05) is 0 Å². The van der Waals surface area contributed by atoms with Crippen LogP contribution in [-0.4, -0.2) is 19.1 Å². The second kappa shape index (κ2) is 7.82. The van der Waals surface area contributed by atoms with E-state index in [2.05, 4.69) is 5.32 Å². The molecule has 0 saturated carbocycles. The number of amides is 1. The van der Waals surface area contributed by atoms with Crippen LogP contribution in [0.2, 0.25) is 5.02 Å². The third kappa shape index (κ3) is 4.04. The lowest BCUT2D eigenvalue weighted by atomic mass is 10.2. The van der Waals surface area contributed by atoms with E-state index in [0.29, 0.717) is 41.9 Å². The molecule has 1 aliphatic heterocycles. The van der Waals surface area contributed by atoms with Gasteiger partial charge in [0.25, 0.3) is 5.91 Å². The number of halogens is 2. The molecule has 2 aromatic carbocycles. The number of hydrogen-bond donors (Lipinski definition) is 1. The van der Waals surface area contributed by atoms with Crippen molar-refractivity contribution in [2.24, 2.45) is 0 Å². The van der Waals surface area contributed by atoms with Crippen molar-refractivity contribution < 1.29 is 27.8 Å². The predicted molar refractivity (Wildman–Crippen MR) is 99.8 cm³/mol. The fourth-order valence-corrected chi connectivity index (χ4v) is 2.85. The molecule has 144 valence electrons. The Balaban J connectivity index is 1.39. The largest absolute Gasteiger partial charge is 0.486 e. The summed E-state index contributed by atoms with van der Waals surface area (Å²) in [5.41, 5.74) is 0.557. The van der Waals surface area contributed by atoms with E-state index in [1.54, 1.807) is 24.3 Å². The van der Waals surface area contributed by atoms with Crippen LogP contribution in [0.4, 0.5) is 10.1 Å². The number of hydrogen-bond acceptors (Lipinski definition) is 5. The van der Waals surface area contributed by atoms with Gasteiger partial charge in [0.1, 0.15) is 37.1 Å². The van der Waals surface area contributed by atoms with Crippen LogP contribution in [-0.2, 0) is 6.61 Å². The van der Waals surface area contributed by atoms with Crippen molar-refractivity contribution in [3.05, 3.63) is 70.9 Å². The number of furan rings is 1. The molecule has 0 radical (unpaired) electrons. The van der Waals surface area contributed by atoms with Crippen LogP contribution in [0.3, 0.4) is 0 Å². The van der Waals surface area contributed by atoms with Crippen molar-refractivity contribution in [3.8, 4) is 17.2 Å². The summed E-state index contributed by atoms with van der Waals surface area (Å²) in [6.07, 6.45) is 0. The van der Waals surface area contributed by atoms with Gasteiger partial charge in [-0.15, -0.1) is 0 Å². The van der Waals surface area contributed by atoms with E-state index < -0.39 is 11.7 Å². The number of carbonyl (C=O) groups is 1. The molecule has 1 amide bonds. The summed E-state index contributed by atoms with van der Waals surface area (Å²) in [5.74, 6) is 1.22. The molecular weight excluding hydrogens is 389 g/mol. The first-order valence-corrected chi connectivity index (χ1v) is 8.84. The summed E-state index contributed by atoms with van der Waals surface area (Å²) in [7, 11) is 0. The van der Waals surface area contributed by atoms with Crippen LogP contribution in [0.15, 0.2) is 52.9 Å². The molecule has 0 fully saturated rings. The smallest absolute Gasteiger partial charge is 0.291 e. The Morgan fingerprint density at radius 1 is 1.07 bits per heavy atom. The van der Waals surface area contributed by atoms with E-state index in [9.17, 15) is 9.18 Å². The van der Waals surface area contributed by atoms with E-state index in [4.69, 9.17) is 30.2 Å². The Labute approximate surface area is 164 Å². The zero-order valence-electron chi connectivity index (χ0n) is 14.5. The monoisotopic (exact) mass is 403 g/mol. The zero-order valence-corrected chi connectivity index (χ0v) is 15.3. The van der Waals surface area contributed by atoms with Crippen LogP contribution in [0, 0.1) is 5.82 Å². The lowest BCUT2D eigenvalue weighted by molar-refractivity contribution is 0.0992. The molecule has 2 heterocycles. The van der Waals surface area contributed by atoms with Crippen LogP contribution < -0.4 is 19.5 Å². The second-order valence-corrected chi connectivity index (χ2v) is 6.35. The summed E-state index contributed by atoms with van der Waals surface area (Å²) in [4.78, 5) is 12.4. The first-order chi connectivity index (χ1) is 13.6. The fraction of sp³-hybridized carbons (Fsp3) is 0.150. The Hall–Kier alpha value is -3.19. The number of nitrogens with one attached hydrogen (secondary N) is 1. The number of ether oxygens (including phenoxy) is 3. The molecule has 28 heavy (non-hydrogen) atoms. The van der Waals surface area contributed by atoms with Crippen molar-refractivity contribution in [3.63, 3.8) is 0 Å². The second-order valence-electron chi connectivity index (χ2n) is 5.94. The minimum Gasteiger partial charge on any atom is -0.486 e. The average molecular weight is 404 g/mol. The molecule has 8 heteroatoms. The highest BCUT2D eigenvalue weighted by Gasteiger charge is 2.16. The van der Waals surface area contributed by atoms with Gasteiger partial charge >= 0.3 is 0 Å². The first kappa shape index (κ1) is 18.2. The van der Waals surface area contributed by atoms with E-state index in [1.165, 1.54) is 18.2 Å². The van der Waals surface area contributed by atoms with Crippen molar-refractivity contribution in [1.29, 1.82) is 0 Å². The molecule has 1 aromatic heterocycles. The molecule has 0 aliphatic carbocycles. The number of carbonyl (C=O) groups excluding carboxylic acids is 1. The summed E-state index contributed by atoms with van der Waals surface area (Å²) in [6, 6.07) is 12.1. The van der Waals surface area contributed by atoms with E-state index in [0.717, 1.165) is 6.07 Å². The number of benzene rings is 2. The molecule has 1 aliphatic rings. The number of anilines is 1. The third-order valence-electron chi connectivity index (χ3n) is 3.95. The third-order valence-corrected chi connectivity index (χ3v) is 4.24. The quantitative estimate of drug-likeness (QED) is 0.670. The van der Waals surface area contributed by atoms with Gasteiger partial charge in [0.05, 0.1) is 5.02 Å². The average Bonchev–Trinajstić information content (AvgIpc) is 3.16. The summed E-state index contributed by atoms with van der Waals surface area (Å²) in [6.45, 7) is 1.01. The van der Waals surface area contributed by atoms with Crippen molar-refractivity contribution in [2.75, 3.05) is 18.5 Å². The topological polar surface area (TPSA) is 69.9 Å². The van der Waals surface area contributed by atoms with Crippen molar-refractivity contribution >= 4 is 23.2 Å². The van der Waals surface area contributed by atoms with Crippen LogP contribution in [0.1, 0.15) is 16.3 Å². The van der Waals surface area contributed by atoms with Gasteiger partial charge in [-0.05, 0) is 42.5 Å². The SMILES string of the molecule is O=C(Nc1ccc2c(c1)OCCO2)c1ccc(COc2ccc(F)cc2Cl)o1. The molecule has 0 saturated heterocycles. The van der Waals surface area contributed by atoms with Gasteiger partial charge in [0.15, 0.2) is 17.3 Å². The maximum atomic E-state index is 13.1. The molecule has 1 N–H and O–H groups in total. The maximum absolute atomic E-state index is 13.1. The van der Waals surface area contributed by atoms with Gasteiger partial charge in [-0.3, -0.25) is 4.79 Å². The Bertz CT molecular complexity index is 1020. The molecule has 0 spiro atoms. The van der Waals surface area contributed by atoms with Crippen LogP contribution in [0.25, 0.3) is 0 Å². The molecule has 0 unspecified atom stereocenters. The van der Waals surface area contributed by atoms with E-state index in [-0.39, 0.29) is 17.4 Å². The maximum Gasteiger partial charge on any atom is 0.291 e. The molecule has 4 rings (SSSR count). The highest BCUT2D eigenvalue weighted by atomic mass is 35.5. The summed E-state index contributed by atoms with van der Waals surface area (Å²) < 4.78 is 35.0. The first-order valence-electron chi connectivity index (χ1n) is 8.46. The predicted octanol–water partition coefficient (Wildman–Crippen LogP) is 4.67. The highest BCUT2D eigenvalue weighted by Crippen LogP contribution is 2.32. The highest BCUT2D eigenvalue weighted by molar-refractivity contribution is 6.32. The van der Waals surface area contributed by atoms with Crippen LogP contribution in [0.5, 0.6) is 17.2 Å². The van der Waals surface area contributed by atoms with Gasteiger partial charge in [0, 0.05) is 11.8 Å². The lowest BCUT2D eigenvalue weighted by Gasteiger charge is -2.18. The van der Waals surface area contributed by atoms with Crippen molar-refractivity contribution in [1.82, 2.24) is 0 Å². The van der Waals surface area contributed by atoms with Gasteiger partial charge < -0.3 is 23.9 Å². The van der Waals surface area contributed by atoms with Gasteiger partial charge in [-0.2, -0.15) is 0 Å². The van der Waals surface area contributed by atoms with Gasteiger partial charge in [-0.1, -0.05) is 11.6 Å². The van der Waals surface area contributed by atoms with Crippen LogP contribution >= 0.6 is 11.6 Å². The van der Waals surface area contributed by atoms with E-state index >= 15 is 0 Å². The number of fused-ring (bicyclic) bond motifs is 1. The minimum absolute atomic E-state index is 0.0443. The Kier molecular flexibility index (Phi) is 5.08. The van der Waals surface area contributed by atoms with Gasteiger partial charge in [-0.25, -0.2) is 4.39 Å². The summed E-state index contributed by atoms with van der Waals surface area (Å²) >= 11 is 5.91. The molecular formula is C20H15ClFNO5. The summed E-state index contributed by atoms with van der Waals surface area (Å²) in [5, 5.41) is 2.89. The van der Waals surface area contributed by atoms with Crippen molar-refractivity contribution in [2.45, 2.75) is 6.61 Å². The molecule has 0 atom stereocenters. The molecule has 6 nitrogen and oxygen atoms in total. The fourth-order valence-electron chi connectivity index (χ4n) is 2.63. The van der Waals surface area contributed by atoms with Gasteiger partial charge in [0.2, 0.25) is 0 Å². The minimum atomic E-state index is -0.451. The molecule has 0 bridgehead atoms. The number of rotatable bonds is 5. The standard InChI is InChI=1S/C20H15ClFNO5/c21-15-9-12(22)1-4-16(15)27-11-14-3-6-18(28-14)20(24)23-13-2-5-17-19(10-13)26-8-7-25-17/h1-6,9-10H,7-8,11H2,(H,23,24).